The van der Waals surface area contributed by atoms with Crippen molar-refractivity contribution in [2.24, 2.45) is 17.4 Å². The van der Waals surface area contributed by atoms with Crippen molar-refractivity contribution in [1.82, 2.24) is 4.90 Å². The molecule has 6 N–H and O–H groups in total. The van der Waals surface area contributed by atoms with E-state index in [2.05, 4.69) is 0 Å². The van der Waals surface area contributed by atoms with Gasteiger partial charge in [0.25, 0.3) is 0 Å². The fourth-order valence-corrected chi connectivity index (χ4v) is 1.47. The number of amides is 2. The number of rotatable bonds is 8. The topological polar surface area (TPSA) is 164 Å². The summed E-state index contributed by atoms with van der Waals surface area (Å²) in [5.41, 5.74) is 11.1. The van der Waals surface area contributed by atoms with E-state index >= 15 is 0 Å². The van der Waals surface area contributed by atoms with E-state index in [9.17, 15) is 19.2 Å². The second kappa shape index (κ2) is 8.32. The van der Waals surface area contributed by atoms with Crippen molar-refractivity contribution < 1.29 is 29.4 Å². The molecule has 0 aromatic carbocycles. The zero-order chi connectivity index (χ0) is 16.7. The first-order valence-corrected chi connectivity index (χ1v) is 6.37. The Labute approximate surface area is 121 Å². The number of hydrogen-bond donors (Lipinski definition) is 4. The van der Waals surface area contributed by atoms with Crippen LogP contribution in [0.1, 0.15) is 26.7 Å². The Balaban J connectivity index is 5.04. The van der Waals surface area contributed by atoms with E-state index in [1.54, 1.807) is 13.8 Å². The molecule has 0 heterocycles. The number of carboxylic acids is 2. The third-order valence-electron chi connectivity index (χ3n) is 2.82. The fraction of sp³-hybridized carbons (Fsp3) is 0.667. The lowest BCUT2D eigenvalue weighted by atomic mass is 10.0. The second-order valence-corrected chi connectivity index (χ2v) is 4.97. The molecule has 0 saturated carbocycles. The number of imide groups is 1. The molecule has 0 aromatic rings. The minimum atomic E-state index is -1.39. The van der Waals surface area contributed by atoms with E-state index in [1.165, 1.54) is 0 Å². The Morgan fingerprint density at radius 2 is 1.52 bits per heavy atom. The molecule has 0 aliphatic rings. The van der Waals surface area contributed by atoms with Gasteiger partial charge in [0.15, 0.2) is 0 Å². The van der Waals surface area contributed by atoms with Crippen LogP contribution in [0.3, 0.4) is 0 Å². The van der Waals surface area contributed by atoms with E-state index in [1.807, 2.05) is 0 Å². The first kappa shape index (κ1) is 19.0. The Morgan fingerprint density at radius 1 is 1.00 bits per heavy atom. The van der Waals surface area contributed by atoms with Gasteiger partial charge in [-0.15, -0.1) is 0 Å². The third-order valence-corrected chi connectivity index (χ3v) is 2.82. The van der Waals surface area contributed by atoms with Crippen molar-refractivity contribution in [3.8, 4) is 0 Å². The summed E-state index contributed by atoms with van der Waals surface area (Å²) in [6, 6.07) is -2.32. The van der Waals surface area contributed by atoms with Gasteiger partial charge in [-0.2, -0.15) is 0 Å². The van der Waals surface area contributed by atoms with Crippen LogP contribution in [-0.2, 0) is 19.2 Å². The Hall–Kier alpha value is -2.00. The van der Waals surface area contributed by atoms with Crippen molar-refractivity contribution >= 4 is 23.8 Å². The monoisotopic (exact) mass is 303 g/mol. The van der Waals surface area contributed by atoms with E-state index in [-0.39, 0.29) is 18.8 Å². The summed E-state index contributed by atoms with van der Waals surface area (Å²) in [7, 11) is 0. The molecule has 0 rings (SSSR count). The zero-order valence-electron chi connectivity index (χ0n) is 12.0. The summed E-state index contributed by atoms with van der Waals surface area (Å²) >= 11 is 0. The molecule has 9 heteroatoms. The molecule has 2 unspecified atom stereocenters. The highest BCUT2D eigenvalue weighted by Crippen LogP contribution is 2.07. The van der Waals surface area contributed by atoms with Crippen LogP contribution in [0, 0.1) is 5.92 Å². The van der Waals surface area contributed by atoms with Crippen molar-refractivity contribution in [2.45, 2.75) is 38.8 Å². The van der Waals surface area contributed by atoms with Gasteiger partial charge in [0, 0.05) is 6.42 Å². The van der Waals surface area contributed by atoms with Crippen LogP contribution >= 0.6 is 0 Å². The zero-order valence-corrected chi connectivity index (χ0v) is 12.0. The number of hydrogen-bond acceptors (Lipinski definition) is 6. The first-order chi connectivity index (χ1) is 9.57. The van der Waals surface area contributed by atoms with Crippen LogP contribution in [0.15, 0.2) is 0 Å². The van der Waals surface area contributed by atoms with Gasteiger partial charge in [-0.25, -0.2) is 0 Å². The fourth-order valence-electron chi connectivity index (χ4n) is 1.47. The van der Waals surface area contributed by atoms with Gasteiger partial charge >= 0.3 is 11.9 Å². The molecule has 120 valence electrons. The highest BCUT2D eigenvalue weighted by Gasteiger charge is 2.32. The predicted molar refractivity (Wildman–Crippen MR) is 72.0 cm³/mol. The average molecular weight is 303 g/mol. The summed E-state index contributed by atoms with van der Waals surface area (Å²) in [5.74, 6) is -4.62. The number of aliphatic carboxylic acids is 2. The Morgan fingerprint density at radius 3 is 1.90 bits per heavy atom. The molecule has 0 aliphatic carbocycles. The average Bonchev–Trinajstić information content (AvgIpc) is 2.39. The minimum Gasteiger partial charge on any atom is -0.481 e. The number of carbonyl (C=O) groups excluding carboxylic acids is 2. The molecule has 9 nitrogen and oxygen atoms in total. The number of carboxylic acid groups (broad SMARTS) is 2. The van der Waals surface area contributed by atoms with Gasteiger partial charge in [0.2, 0.25) is 11.8 Å². The van der Waals surface area contributed by atoms with Crippen LogP contribution in [-0.4, -0.2) is 57.5 Å². The molecule has 0 aliphatic heterocycles. The van der Waals surface area contributed by atoms with Crippen LogP contribution in [0.5, 0.6) is 0 Å². The van der Waals surface area contributed by atoms with Crippen LogP contribution in [0.4, 0.5) is 0 Å². The Bertz CT molecular complexity index is 423. The van der Waals surface area contributed by atoms with Crippen LogP contribution < -0.4 is 11.5 Å². The first-order valence-electron chi connectivity index (χ1n) is 6.37. The molecule has 0 saturated heterocycles. The highest BCUT2D eigenvalue weighted by atomic mass is 16.4. The van der Waals surface area contributed by atoms with Crippen molar-refractivity contribution in [3.63, 3.8) is 0 Å². The molecule has 0 aromatic heterocycles. The molecular weight excluding hydrogens is 282 g/mol. The van der Waals surface area contributed by atoms with Crippen LogP contribution in [0.25, 0.3) is 0 Å². The summed E-state index contributed by atoms with van der Waals surface area (Å²) in [6.07, 6.45) is -0.563. The SMILES string of the molecule is CC(C)C(N)C(=O)N(CC(=O)O)C(=O)C(N)CCC(=O)O. The van der Waals surface area contributed by atoms with Crippen LogP contribution in [0.2, 0.25) is 0 Å². The molecule has 0 bridgehead atoms. The minimum absolute atomic E-state index is 0.200. The third kappa shape index (κ3) is 6.32. The molecule has 21 heavy (non-hydrogen) atoms. The molecule has 0 radical (unpaired) electrons. The van der Waals surface area contributed by atoms with Gasteiger partial charge in [-0.3, -0.25) is 24.1 Å². The maximum atomic E-state index is 12.0. The highest BCUT2D eigenvalue weighted by molar-refractivity contribution is 6.02. The molecule has 2 atom stereocenters. The van der Waals surface area contributed by atoms with Gasteiger partial charge in [0.05, 0.1) is 12.1 Å². The van der Waals surface area contributed by atoms with E-state index in [0.29, 0.717) is 4.90 Å². The number of nitrogens with zero attached hydrogens (tertiary/aromatic N) is 1. The van der Waals surface area contributed by atoms with E-state index in [0.717, 1.165) is 0 Å². The molecular formula is C12H21N3O6. The van der Waals surface area contributed by atoms with Gasteiger partial charge in [-0.1, -0.05) is 13.8 Å². The van der Waals surface area contributed by atoms with Crippen molar-refractivity contribution in [3.05, 3.63) is 0 Å². The van der Waals surface area contributed by atoms with Crippen molar-refractivity contribution in [2.75, 3.05) is 6.54 Å². The van der Waals surface area contributed by atoms with Gasteiger partial charge < -0.3 is 21.7 Å². The lowest BCUT2D eigenvalue weighted by Crippen LogP contribution is -2.55. The summed E-state index contributed by atoms with van der Waals surface area (Å²) < 4.78 is 0. The largest absolute Gasteiger partial charge is 0.481 e. The van der Waals surface area contributed by atoms with Gasteiger partial charge in [-0.05, 0) is 12.3 Å². The summed E-state index contributed by atoms with van der Waals surface area (Å²) in [4.78, 5) is 45.8. The van der Waals surface area contributed by atoms with Crippen molar-refractivity contribution in [1.29, 1.82) is 0 Å². The van der Waals surface area contributed by atoms with Gasteiger partial charge in [0.1, 0.15) is 6.54 Å². The molecule has 0 spiro atoms. The molecule has 2 amide bonds. The summed E-state index contributed by atoms with van der Waals surface area (Å²) in [6.45, 7) is 2.44. The summed E-state index contributed by atoms with van der Waals surface area (Å²) in [5, 5.41) is 17.3. The lowest BCUT2D eigenvalue weighted by Gasteiger charge is -2.26. The predicted octanol–water partition coefficient (Wildman–Crippen LogP) is -1.40. The number of carbonyl (C=O) groups is 4. The quantitative estimate of drug-likeness (QED) is 0.425. The Kier molecular flexibility index (Phi) is 7.53. The maximum absolute atomic E-state index is 12.0. The molecule has 0 fully saturated rings. The normalized spacial score (nSPS) is 13.6. The van der Waals surface area contributed by atoms with E-state index in [4.69, 9.17) is 21.7 Å². The maximum Gasteiger partial charge on any atom is 0.323 e. The standard InChI is InChI=1S/C12H21N3O6/c1-6(2)10(14)12(21)15(5-9(18)19)11(20)7(13)3-4-8(16)17/h6-7,10H,3-5,13-14H2,1-2H3,(H,16,17)(H,18,19). The lowest BCUT2D eigenvalue weighted by molar-refractivity contribution is -0.154. The van der Waals surface area contributed by atoms with E-state index < -0.39 is 42.4 Å². The second-order valence-electron chi connectivity index (χ2n) is 4.97. The smallest absolute Gasteiger partial charge is 0.323 e. The number of nitrogens with two attached hydrogens (primary N) is 2.